The number of aromatic hydroxyl groups is 1. The van der Waals surface area contributed by atoms with Crippen LogP contribution >= 0.6 is 0 Å². The molecule has 2 rings (SSSR count). The first-order valence-corrected chi connectivity index (χ1v) is 6.24. The van der Waals surface area contributed by atoms with Gasteiger partial charge in [0.2, 0.25) is 0 Å². The Balaban J connectivity index is 1.96. The molecular weight excluding hydrogens is 240 g/mol. The van der Waals surface area contributed by atoms with E-state index in [9.17, 15) is 5.11 Å². The van der Waals surface area contributed by atoms with Gasteiger partial charge >= 0.3 is 0 Å². The third-order valence-corrected chi connectivity index (χ3v) is 2.93. The molecule has 0 fully saturated rings. The van der Waals surface area contributed by atoms with Crippen molar-refractivity contribution < 1.29 is 14.6 Å². The Morgan fingerprint density at radius 1 is 1.11 bits per heavy atom. The van der Waals surface area contributed by atoms with Crippen LogP contribution in [0.1, 0.15) is 11.1 Å². The maximum absolute atomic E-state index is 9.56. The normalized spacial score (nSPS) is 10.2. The molecule has 1 N–H and O–H groups in total. The van der Waals surface area contributed by atoms with Crippen LogP contribution in [-0.2, 0) is 6.42 Å². The molecule has 0 aliphatic heterocycles. The van der Waals surface area contributed by atoms with Crippen molar-refractivity contribution in [2.45, 2.75) is 13.3 Å². The second-order valence-electron chi connectivity index (χ2n) is 4.40. The van der Waals surface area contributed by atoms with E-state index in [0.29, 0.717) is 12.4 Å². The number of phenols is 1. The molecule has 0 radical (unpaired) electrons. The summed E-state index contributed by atoms with van der Waals surface area (Å²) >= 11 is 0. The maximum Gasteiger partial charge on any atom is 0.122 e. The predicted octanol–water partition coefficient (Wildman–Crippen LogP) is 3.33. The van der Waals surface area contributed by atoms with Crippen LogP contribution in [0.5, 0.6) is 17.2 Å². The van der Waals surface area contributed by atoms with E-state index < -0.39 is 0 Å². The minimum Gasteiger partial charge on any atom is -0.508 e. The molecular formula is C16H18O3. The number of hydrogen-bond donors (Lipinski definition) is 1. The number of ether oxygens (including phenoxy) is 2. The Kier molecular flexibility index (Phi) is 4.29. The van der Waals surface area contributed by atoms with Crippen LogP contribution in [0.25, 0.3) is 0 Å². The molecule has 0 aliphatic carbocycles. The highest BCUT2D eigenvalue weighted by Crippen LogP contribution is 2.22. The Labute approximate surface area is 113 Å². The quantitative estimate of drug-likeness (QED) is 0.894. The minimum atomic E-state index is 0.213. The summed E-state index contributed by atoms with van der Waals surface area (Å²) in [6, 6.07) is 13.1. The van der Waals surface area contributed by atoms with Gasteiger partial charge in [-0.05, 0) is 36.2 Å². The summed E-state index contributed by atoms with van der Waals surface area (Å²) in [5.41, 5.74) is 2.11. The number of methoxy groups -OCH3 is 1. The zero-order valence-electron chi connectivity index (χ0n) is 11.2. The van der Waals surface area contributed by atoms with Crippen LogP contribution in [0.15, 0.2) is 42.5 Å². The number of para-hydroxylation sites is 1. The molecule has 0 saturated carbocycles. The third-order valence-electron chi connectivity index (χ3n) is 2.93. The number of benzene rings is 2. The van der Waals surface area contributed by atoms with Crippen LogP contribution in [0.2, 0.25) is 0 Å². The van der Waals surface area contributed by atoms with Crippen molar-refractivity contribution in [3.63, 3.8) is 0 Å². The molecule has 0 saturated heterocycles. The highest BCUT2D eigenvalue weighted by molar-refractivity contribution is 5.37. The molecule has 2 aromatic rings. The van der Waals surface area contributed by atoms with Crippen molar-refractivity contribution in [3.05, 3.63) is 53.6 Å². The van der Waals surface area contributed by atoms with Gasteiger partial charge in [-0.15, -0.1) is 0 Å². The lowest BCUT2D eigenvalue weighted by atomic mass is 10.1. The maximum atomic E-state index is 9.56. The van der Waals surface area contributed by atoms with E-state index in [4.69, 9.17) is 9.47 Å². The molecule has 0 atom stereocenters. The summed E-state index contributed by atoms with van der Waals surface area (Å²) < 4.78 is 10.9. The van der Waals surface area contributed by atoms with Crippen LogP contribution < -0.4 is 9.47 Å². The van der Waals surface area contributed by atoms with Gasteiger partial charge in [-0.25, -0.2) is 0 Å². The zero-order valence-corrected chi connectivity index (χ0v) is 11.2. The Morgan fingerprint density at radius 3 is 2.63 bits per heavy atom. The summed E-state index contributed by atoms with van der Waals surface area (Å²) in [4.78, 5) is 0. The van der Waals surface area contributed by atoms with Crippen molar-refractivity contribution in [1.29, 1.82) is 0 Å². The first-order chi connectivity index (χ1) is 9.19. The monoisotopic (exact) mass is 258 g/mol. The average molecular weight is 258 g/mol. The Morgan fingerprint density at radius 2 is 1.89 bits per heavy atom. The fourth-order valence-electron chi connectivity index (χ4n) is 1.90. The summed E-state index contributed by atoms with van der Waals surface area (Å²) in [5.74, 6) is 1.77. The van der Waals surface area contributed by atoms with E-state index in [-0.39, 0.29) is 5.75 Å². The van der Waals surface area contributed by atoms with Crippen LogP contribution in [0.3, 0.4) is 0 Å². The van der Waals surface area contributed by atoms with Gasteiger partial charge in [0.1, 0.15) is 17.2 Å². The Bertz CT molecular complexity index is 549. The number of phenolic OH excluding ortho intramolecular Hbond substituents is 1. The summed E-state index contributed by atoms with van der Waals surface area (Å²) in [6.45, 7) is 2.59. The highest BCUT2D eigenvalue weighted by atomic mass is 16.5. The van der Waals surface area contributed by atoms with E-state index in [1.54, 1.807) is 19.2 Å². The van der Waals surface area contributed by atoms with E-state index >= 15 is 0 Å². The second-order valence-corrected chi connectivity index (χ2v) is 4.40. The lowest BCUT2D eigenvalue weighted by Gasteiger charge is -2.10. The van der Waals surface area contributed by atoms with Gasteiger partial charge in [0.25, 0.3) is 0 Å². The van der Waals surface area contributed by atoms with E-state index in [1.165, 1.54) is 0 Å². The van der Waals surface area contributed by atoms with Gasteiger partial charge in [0.05, 0.1) is 13.7 Å². The summed E-state index contributed by atoms with van der Waals surface area (Å²) in [7, 11) is 1.59. The van der Waals surface area contributed by atoms with E-state index in [1.807, 2.05) is 37.3 Å². The first kappa shape index (κ1) is 13.3. The van der Waals surface area contributed by atoms with Gasteiger partial charge in [-0.2, -0.15) is 0 Å². The van der Waals surface area contributed by atoms with Crippen LogP contribution in [0.4, 0.5) is 0 Å². The standard InChI is InChI=1S/C16H18O3/c1-12-5-3-4-6-16(12)19-8-7-13-9-14(17)11-15(10-13)18-2/h3-6,9-11,17H,7-8H2,1-2H3. The fraction of sp³-hybridized carbons (Fsp3) is 0.250. The molecule has 3 nitrogen and oxygen atoms in total. The SMILES string of the molecule is COc1cc(O)cc(CCOc2ccccc2C)c1. The molecule has 3 heteroatoms. The molecule has 0 aliphatic rings. The van der Waals surface area contributed by atoms with Crippen molar-refractivity contribution in [2.24, 2.45) is 0 Å². The number of hydrogen-bond acceptors (Lipinski definition) is 3. The van der Waals surface area contributed by atoms with Crippen molar-refractivity contribution in [2.75, 3.05) is 13.7 Å². The molecule has 0 aromatic heterocycles. The molecule has 100 valence electrons. The van der Waals surface area contributed by atoms with Crippen LogP contribution in [-0.4, -0.2) is 18.8 Å². The number of rotatable bonds is 5. The van der Waals surface area contributed by atoms with Gasteiger partial charge < -0.3 is 14.6 Å². The molecule has 19 heavy (non-hydrogen) atoms. The lowest BCUT2D eigenvalue weighted by molar-refractivity contribution is 0.319. The largest absolute Gasteiger partial charge is 0.508 e. The molecule has 0 unspecified atom stereocenters. The lowest BCUT2D eigenvalue weighted by Crippen LogP contribution is -2.02. The average Bonchev–Trinajstić information content (AvgIpc) is 2.40. The van der Waals surface area contributed by atoms with Crippen molar-refractivity contribution in [3.8, 4) is 17.2 Å². The molecule has 0 heterocycles. The molecule has 0 spiro atoms. The van der Waals surface area contributed by atoms with Crippen LogP contribution in [0, 0.1) is 6.92 Å². The van der Waals surface area contributed by atoms with Gasteiger partial charge in [0.15, 0.2) is 0 Å². The Hall–Kier alpha value is -2.16. The third kappa shape index (κ3) is 3.65. The number of aryl methyl sites for hydroxylation is 1. The summed E-state index contributed by atoms with van der Waals surface area (Å²) in [6.07, 6.45) is 0.721. The predicted molar refractivity (Wildman–Crippen MR) is 75.0 cm³/mol. The molecule has 0 bridgehead atoms. The van der Waals surface area contributed by atoms with Gasteiger partial charge in [-0.3, -0.25) is 0 Å². The topological polar surface area (TPSA) is 38.7 Å². The van der Waals surface area contributed by atoms with E-state index in [2.05, 4.69) is 0 Å². The zero-order chi connectivity index (χ0) is 13.7. The smallest absolute Gasteiger partial charge is 0.122 e. The first-order valence-electron chi connectivity index (χ1n) is 6.24. The second kappa shape index (κ2) is 6.14. The van der Waals surface area contributed by atoms with Gasteiger partial charge in [0, 0.05) is 12.5 Å². The van der Waals surface area contributed by atoms with Gasteiger partial charge in [-0.1, -0.05) is 18.2 Å². The minimum absolute atomic E-state index is 0.213. The van der Waals surface area contributed by atoms with E-state index in [0.717, 1.165) is 23.3 Å². The highest BCUT2D eigenvalue weighted by Gasteiger charge is 2.02. The molecule has 0 amide bonds. The van der Waals surface area contributed by atoms with Crippen molar-refractivity contribution >= 4 is 0 Å². The van der Waals surface area contributed by atoms with Crippen molar-refractivity contribution in [1.82, 2.24) is 0 Å². The molecule has 2 aromatic carbocycles. The summed E-state index contributed by atoms with van der Waals surface area (Å²) in [5, 5.41) is 9.56. The fourth-order valence-corrected chi connectivity index (χ4v) is 1.90.